The molecule has 0 aromatic carbocycles. The summed E-state index contributed by atoms with van der Waals surface area (Å²) in [5, 5.41) is 4.85. The van der Waals surface area contributed by atoms with Crippen molar-refractivity contribution in [1.82, 2.24) is 10.3 Å². The van der Waals surface area contributed by atoms with E-state index >= 15 is 0 Å². The average Bonchev–Trinajstić information content (AvgIpc) is 2.77. The molecule has 3 heterocycles. The Bertz CT molecular complexity index is 556. The Hall–Kier alpha value is -1.04. The number of hydrogen-bond acceptors (Lipinski definition) is 3. The number of pyridine rings is 1. The van der Waals surface area contributed by atoms with E-state index in [0.717, 1.165) is 11.0 Å². The van der Waals surface area contributed by atoms with Crippen LogP contribution in [0.25, 0.3) is 5.47 Å². The first-order valence-electron chi connectivity index (χ1n) is 6.23. The van der Waals surface area contributed by atoms with Crippen LogP contribution < -0.4 is 5.32 Å². The van der Waals surface area contributed by atoms with E-state index in [0.29, 0.717) is 10.8 Å². The van der Waals surface area contributed by atoms with E-state index in [1.54, 1.807) is 12.4 Å². The van der Waals surface area contributed by atoms with Crippen molar-refractivity contribution >= 4 is 30.0 Å². The van der Waals surface area contributed by atoms with Gasteiger partial charge in [-0.2, -0.15) is 0 Å². The lowest BCUT2D eigenvalue weighted by Gasteiger charge is -2.32. The third kappa shape index (κ3) is 1.97. The third-order valence-electron chi connectivity index (χ3n) is 3.98. The Morgan fingerprint density at radius 1 is 1.16 bits per heavy atom. The normalized spacial score (nSPS) is 23.0. The third-order valence-corrected chi connectivity index (χ3v) is 4.18. The summed E-state index contributed by atoms with van der Waals surface area (Å²) in [7, 11) is -0.435. The molecule has 0 amide bonds. The number of hydrogen-bond donors (Lipinski definition) is 0. The van der Waals surface area contributed by atoms with Gasteiger partial charge >= 0.3 is 7.12 Å². The fourth-order valence-corrected chi connectivity index (χ4v) is 2.26. The van der Waals surface area contributed by atoms with Crippen molar-refractivity contribution in [2.45, 2.75) is 38.9 Å². The van der Waals surface area contributed by atoms with E-state index in [9.17, 15) is 0 Å². The zero-order valence-electron chi connectivity index (χ0n) is 11.4. The Morgan fingerprint density at radius 3 is 2.42 bits per heavy atom. The highest BCUT2D eigenvalue weighted by Gasteiger charge is 2.53. The molecule has 1 aromatic heterocycles. The lowest BCUT2D eigenvalue weighted by atomic mass is 9.76. The summed E-state index contributed by atoms with van der Waals surface area (Å²) in [6.45, 7) is 8.10. The molecule has 99 valence electrons. The first-order valence-corrected chi connectivity index (χ1v) is 6.60. The lowest BCUT2D eigenvalue weighted by Crippen LogP contribution is -2.41. The smallest absolute Gasteiger partial charge is 0.399 e. The molecule has 1 radical (unpaired) electrons. The topological polar surface area (TPSA) is 45.5 Å². The zero-order valence-corrected chi connectivity index (χ0v) is 12.2. The van der Waals surface area contributed by atoms with Gasteiger partial charge in [0.1, 0.15) is 0 Å². The number of nitrogens with zero attached hydrogens (tertiary/aromatic N) is 2. The van der Waals surface area contributed by atoms with Gasteiger partial charge in [-0.3, -0.25) is 0 Å². The van der Waals surface area contributed by atoms with Crippen LogP contribution in [0.1, 0.15) is 33.3 Å². The maximum Gasteiger partial charge on any atom is 0.497 e. The maximum absolute atomic E-state index is 6.02. The lowest BCUT2D eigenvalue weighted by molar-refractivity contribution is 0.00578. The molecule has 3 rings (SSSR count). The number of aromatic nitrogens is 1. The fraction of sp³-hybridized carbons (Fsp3) is 0.462. The van der Waals surface area contributed by atoms with Crippen molar-refractivity contribution < 1.29 is 9.31 Å². The van der Waals surface area contributed by atoms with Gasteiger partial charge in [-0.1, -0.05) is 11.6 Å². The Kier molecular flexibility index (Phi) is 2.72. The van der Waals surface area contributed by atoms with Crippen LogP contribution in [-0.2, 0) is 9.31 Å². The minimum Gasteiger partial charge on any atom is -0.399 e. The van der Waals surface area contributed by atoms with Crippen molar-refractivity contribution in [3.63, 3.8) is 0 Å². The van der Waals surface area contributed by atoms with Gasteiger partial charge in [-0.15, -0.1) is 0 Å². The summed E-state index contributed by atoms with van der Waals surface area (Å²) in [6.07, 6.45) is 3.33. The van der Waals surface area contributed by atoms with E-state index in [4.69, 9.17) is 20.9 Å². The van der Waals surface area contributed by atoms with E-state index in [2.05, 4.69) is 10.3 Å². The van der Waals surface area contributed by atoms with Gasteiger partial charge in [0.05, 0.1) is 16.2 Å². The predicted octanol–water partition coefficient (Wildman–Crippen LogP) is 2.96. The van der Waals surface area contributed by atoms with Gasteiger partial charge in [0.2, 0.25) is 0 Å². The molecule has 0 bridgehead atoms. The molecule has 0 atom stereocenters. The second kappa shape index (κ2) is 3.98. The largest absolute Gasteiger partial charge is 0.497 e. The van der Waals surface area contributed by atoms with Crippen LogP contribution in [0, 0.1) is 0 Å². The summed E-state index contributed by atoms with van der Waals surface area (Å²) >= 11 is 5.99. The maximum atomic E-state index is 6.02. The van der Waals surface area contributed by atoms with Gasteiger partial charge in [0.15, 0.2) is 5.82 Å². The predicted molar refractivity (Wildman–Crippen MR) is 75.1 cm³/mol. The SMILES string of the molecule is CC1(C)OB(C2=C[N]c3ncc(Cl)cc32)OC1(C)C. The first-order chi connectivity index (χ1) is 8.80. The van der Waals surface area contributed by atoms with Crippen LogP contribution in [0.15, 0.2) is 18.5 Å². The van der Waals surface area contributed by atoms with Gasteiger partial charge in [-0.05, 0) is 33.8 Å². The van der Waals surface area contributed by atoms with Gasteiger partial charge < -0.3 is 9.31 Å². The van der Waals surface area contributed by atoms with Crippen LogP contribution in [0.2, 0.25) is 5.02 Å². The molecular formula is C13H15BClN2O2. The van der Waals surface area contributed by atoms with Crippen molar-refractivity contribution in [3.8, 4) is 0 Å². The Balaban J connectivity index is 1.94. The second-order valence-electron chi connectivity index (χ2n) is 5.83. The van der Waals surface area contributed by atoms with Gasteiger partial charge in [-0.25, -0.2) is 10.3 Å². The number of fused-ring (bicyclic) bond motifs is 1. The van der Waals surface area contributed by atoms with E-state index in [-0.39, 0.29) is 11.2 Å². The van der Waals surface area contributed by atoms with Crippen LogP contribution in [0.3, 0.4) is 0 Å². The van der Waals surface area contributed by atoms with Gasteiger partial charge in [0, 0.05) is 23.4 Å². The Labute approximate surface area is 118 Å². The molecule has 0 N–H and O–H groups in total. The summed E-state index contributed by atoms with van der Waals surface area (Å²) in [6, 6.07) is 1.84. The zero-order chi connectivity index (χ0) is 13.8. The molecule has 19 heavy (non-hydrogen) atoms. The molecule has 0 aliphatic carbocycles. The summed E-state index contributed by atoms with van der Waals surface area (Å²) in [5.74, 6) is 0.661. The second-order valence-corrected chi connectivity index (χ2v) is 6.26. The summed E-state index contributed by atoms with van der Waals surface area (Å²) < 4.78 is 12.0. The quantitative estimate of drug-likeness (QED) is 0.741. The van der Waals surface area contributed by atoms with Gasteiger partial charge in [0.25, 0.3) is 0 Å². The summed E-state index contributed by atoms with van der Waals surface area (Å²) in [5.41, 5.74) is 1.02. The highest BCUT2D eigenvalue weighted by molar-refractivity contribution is 6.69. The van der Waals surface area contributed by atoms with E-state index in [1.807, 2.05) is 33.8 Å². The van der Waals surface area contributed by atoms with E-state index < -0.39 is 7.12 Å². The van der Waals surface area contributed by atoms with Crippen LogP contribution in [0.5, 0.6) is 0 Å². The fourth-order valence-electron chi connectivity index (χ4n) is 2.11. The standard InChI is InChI=1S/C13H15BClN2O2/c1-12(2)13(3,4)19-14(18-12)10-7-17-11-9(10)5-8(15)6-16-11/h5-7H,1-4H3. The van der Waals surface area contributed by atoms with Crippen LogP contribution in [-0.4, -0.2) is 23.3 Å². The number of halogens is 1. The van der Waals surface area contributed by atoms with Crippen molar-refractivity contribution in [2.75, 3.05) is 0 Å². The molecule has 1 aromatic rings. The Morgan fingerprint density at radius 2 is 1.79 bits per heavy atom. The molecule has 4 nitrogen and oxygen atoms in total. The molecular weight excluding hydrogens is 262 g/mol. The molecule has 0 spiro atoms. The average molecular weight is 278 g/mol. The van der Waals surface area contributed by atoms with E-state index in [1.165, 1.54) is 0 Å². The van der Waals surface area contributed by atoms with Crippen LogP contribution in [0.4, 0.5) is 5.82 Å². The monoisotopic (exact) mass is 277 g/mol. The summed E-state index contributed by atoms with van der Waals surface area (Å²) in [4.78, 5) is 4.19. The molecule has 1 fully saturated rings. The number of rotatable bonds is 1. The van der Waals surface area contributed by atoms with Crippen molar-refractivity contribution in [1.29, 1.82) is 0 Å². The first kappa shape index (κ1) is 13.0. The molecule has 6 heteroatoms. The van der Waals surface area contributed by atoms with Crippen molar-refractivity contribution in [3.05, 3.63) is 29.0 Å². The van der Waals surface area contributed by atoms with Crippen LogP contribution >= 0.6 is 11.6 Å². The highest BCUT2D eigenvalue weighted by Crippen LogP contribution is 2.43. The molecule has 0 unspecified atom stereocenters. The highest BCUT2D eigenvalue weighted by atomic mass is 35.5. The van der Waals surface area contributed by atoms with Crippen molar-refractivity contribution in [2.24, 2.45) is 0 Å². The molecule has 2 aliphatic rings. The minimum atomic E-state index is -0.435. The molecule has 1 saturated heterocycles. The minimum absolute atomic E-state index is 0.368. The molecule has 2 aliphatic heterocycles. The molecule has 0 saturated carbocycles.